The number of hydrogen-bond donors (Lipinski definition) is 2. The monoisotopic (exact) mass is 182 g/mol. The average molecular weight is 183 g/mol. The third-order valence-corrected chi connectivity index (χ3v) is 1.19. The first kappa shape index (κ1) is 13.3. The van der Waals surface area contributed by atoms with Gasteiger partial charge < -0.3 is 15.3 Å². The lowest BCUT2D eigenvalue weighted by atomic mass is 10.5. The first-order valence-corrected chi connectivity index (χ1v) is 3.21. The van der Waals surface area contributed by atoms with Crippen LogP contribution in [0.15, 0.2) is 0 Å². The van der Waals surface area contributed by atoms with Crippen LogP contribution in [0.2, 0.25) is 0 Å². The van der Waals surface area contributed by atoms with E-state index in [0.717, 1.165) is 0 Å². The Kier molecular flexibility index (Phi) is 9.40. The highest BCUT2D eigenvalue weighted by molar-refractivity contribution is 5.85. The quantitative estimate of drug-likeness (QED) is 0.591. The number of aliphatic hydroxyl groups is 1. The zero-order valence-corrected chi connectivity index (χ0v) is 7.65. The first-order chi connectivity index (χ1) is 4.72. The van der Waals surface area contributed by atoms with Crippen LogP contribution in [0.25, 0.3) is 0 Å². The molecule has 0 aliphatic carbocycles. The van der Waals surface area contributed by atoms with Crippen molar-refractivity contribution in [2.75, 3.05) is 33.8 Å². The van der Waals surface area contributed by atoms with Gasteiger partial charge in [0.05, 0.1) is 13.2 Å². The molecule has 1 amide bonds. The third kappa shape index (κ3) is 6.09. The molecule has 0 rings (SSSR count). The molecule has 0 saturated heterocycles. The lowest BCUT2D eigenvalue weighted by molar-refractivity contribution is -0.129. The van der Waals surface area contributed by atoms with E-state index in [1.54, 1.807) is 14.1 Å². The minimum absolute atomic E-state index is 0. The van der Waals surface area contributed by atoms with E-state index in [4.69, 9.17) is 5.11 Å². The molecule has 0 aromatic heterocycles. The highest BCUT2D eigenvalue weighted by Crippen LogP contribution is 1.80. The van der Waals surface area contributed by atoms with Gasteiger partial charge in [0.2, 0.25) is 5.91 Å². The molecule has 0 aliphatic heterocycles. The standard InChI is InChI=1S/C6H14N2O2.ClH/c1-7-5-6(10)8(2)3-4-9;/h7,9H,3-5H2,1-2H3;1H. The number of halogens is 1. The van der Waals surface area contributed by atoms with E-state index >= 15 is 0 Å². The molecule has 0 atom stereocenters. The number of amides is 1. The molecule has 68 valence electrons. The van der Waals surface area contributed by atoms with Crippen molar-refractivity contribution in [2.24, 2.45) is 0 Å². The van der Waals surface area contributed by atoms with Crippen LogP contribution in [-0.2, 0) is 4.79 Å². The Morgan fingerprint density at radius 3 is 2.55 bits per heavy atom. The molecule has 0 aliphatic rings. The molecule has 0 aromatic carbocycles. The maximum absolute atomic E-state index is 10.9. The van der Waals surface area contributed by atoms with Crippen LogP contribution in [0.4, 0.5) is 0 Å². The number of carbonyl (C=O) groups is 1. The van der Waals surface area contributed by atoms with Crippen LogP contribution in [0.5, 0.6) is 0 Å². The van der Waals surface area contributed by atoms with Crippen molar-refractivity contribution in [1.82, 2.24) is 10.2 Å². The Balaban J connectivity index is 0. The van der Waals surface area contributed by atoms with Gasteiger partial charge in [-0.3, -0.25) is 4.79 Å². The Morgan fingerprint density at radius 2 is 2.18 bits per heavy atom. The van der Waals surface area contributed by atoms with E-state index in [1.807, 2.05) is 0 Å². The molecule has 0 bridgehead atoms. The summed E-state index contributed by atoms with van der Waals surface area (Å²) in [5.74, 6) is -0.00319. The highest BCUT2D eigenvalue weighted by atomic mass is 35.5. The van der Waals surface area contributed by atoms with Crippen molar-refractivity contribution >= 4 is 18.3 Å². The Hall–Kier alpha value is -0.320. The summed E-state index contributed by atoms with van der Waals surface area (Å²) in [6.07, 6.45) is 0. The average Bonchev–Trinajstić information content (AvgIpc) is 1.89. The van der Waals surface area contributed by atoms with Crippen LogP contribution in [0.1, 0.15) is 0 Å². The molecule has 2 N–H and O–H groups in total. The number of nitrogens with one attached hydrogen (secondary N) is 1. The van der Waals surface area contributed by atoms with E-state index in [2.05, 4.69) is 5.32 Å². The van der Waals surface area contributed by atoms with Gasteiger partial charge >= 0.3 is 0 Å². The summed E-state index contributed by atoms with van der Waals surface area (Å²) >= 11 is 0. The zero-order valence-electron chi connectivity index (χ0n) is 6.83. The Labute approximate surface area is 73.0 Å². The van der Waals surface area contributed by atoms with Crippen molar-refractivity contribution in [2.45, 2.75) is 0 Å². The van der Waals surface area contributed by atoms with Crippen molar-refractivity contribution in [3.8, 4) is 0 Å². The molecule has 5 heteroatoms. The van der Waals surface area contributed by atoms with Gasteiger partial charge in [-0.15, -0.1) is 12.4 Å². The molecule has 0 unspecified atom stereocenters. The fourth-order valence-electron chi connectivity index (χ4n) is 0.561. The van der Waals surface area contributed by atoms with Gasteiger partial charge in [0.1, 0.15) is 0 Å². The van der Waals surface area contributed by atoms with Crippen LogP contribution in [0.3, 0.4) is 0 Å². The minimum Gasteiger partial charge on any atom is -0.395 e. The summed E-state index contributed by atoms with van der Waals surface area (Å²) < 4.78 is 0. The van der Waals surface area contributed by atoms with E-state index in [0.29, 0.717) is 13.1 Å². The second kappa shape index (κ2) is 7.78. The summed E-state index contributed by atoms with van der Waals surface area (Å²) in [7, 11) is 3.38. The highest BCUT2D eigenvalue weighted by Gasteiger charge is 2.04. The maximum atomic E-state index is 10.9. The topological polar surface area (TPSA) is 52.6 Å². The normalized spacial score (nSPS) is 8.64. The number of rotatable bonds is 4. The summed E-state index contributed by atoms with van der Waals surface area (Å²) in [6, 6.07) is 0. The van der Waals surface area contributed by atoms with E-state index < -0.39 is 0 Å². The van der Waals surface area contributed by atoms with Crippen LogP contribution >= 0.6 is 12.4 Å². The third-order valence-electron chi connectivity index (χ3n) is 1.19. The van der Waals surface area contributed by atoms with Gasteiger partial charge in [-0.25, -0.2) is 0 Å². The van der Waals surface area contributed by atoms with Crippen molar-refractivity contribution in [1.29, 1.82) is 0 Å². The van der Waals surface area contributed by atoms with Crippen LogP contribution in [0, 0.1) is 0 Å². The molecule has 0 fully saturated rings. The summed E-state index contributed by atoms with van der Waals surface area (Å²) in [6.45, 7) is 0.753. The molecule has 0 heterocycles. The molecular weight excluding hydrogens is 168 g/mol. The van der Waals surface area contributed by atoms with Crippen molar-refractivity contribution in [3.63, 3.8) is 0 Å². The predicted octanol–water partition coefficient (Wildman–Crippen LogP) is -0.922. The van der Waals surface area contributed by atoms with E-state index in [1.165, 1.54) is 4.90 Å². The van der Waals surface area contributed by atoms with Gasteiger partial charge in [0, 0.05) is 13.6 Å². The summed E-state index contributed by atoms with van der Waals surface area (Å²) in [4.78, 5) is 12.4. The number of likely N-dealkylation sites (N-methyl/N-ethyl adjacent to an activating group) is 2. The molecule has 0 spiro atoms. The predicted molar refractivity (Wildman–Crippen MR) is 45.9 cm³/mol. The number of carbonyl (C=O) groups excluding carboxylic acids is 1. The lowest BCUT2D eigenvalue weighted by Crippen LogP contribution is -2.35. The number of nitrogens with zero attached hydrogens (tertiary/aromatic N) is 1. The molecule has 4 nitrogen and oxygen atoms in total. The Bertz CT molecular complexity index is 111. The molecule has 0 aromatic rings. The van der Waals surface area contributed by atoms with Gasteiger partial charge in [0.25, 0.3) is 0 Å². The maximum Gasteiger partial charge on any atom is 0.236 e. The largest absolute Gasteiger partial charge is 0.395 e. The van der Waals surface area contributed by atoms with Crippen LogP contribution < -0.4 is 5.32 Å². The molecule has 0 radical (unpaired) electrons. The van der Waals surface area contributed by atoms with Gasteiger partial charge in [-0.2, -0.15) is 0 Å². The smallest absolute Gasteiger partial charge is 0.236 e. The summed E-state index contributed by atoms with van der Waals surface area (Å²) in [5.41, 5.74) is 0. The van der Waals surface area contributed by atoms with Gasteiger partial charge in [-0.05, 0) is 7.05 Å². The lowest BCUT2D eigenvalue weighted by Gasteiger charge is -2.14. The number of aliphatic hydroxyl groups excluding tert-OH is 1. The van der Waals surface area contributed by atoms with Crippen molar-refractivity contribution in [3.05, 3.63) is 0 Å². The molecule has 11 heavy (non-hydrogen) atoms. The Morgan fingerprint density at radius 1 is 1.64 bits per heavy atom. The second-order valence-corrected chi connectivity index (χ2v) is 2.07. The van der Waals surface area contributed by atoms with E-state index in [9.17, 15) is 4.79 Å². The molecule has 0 saturated carbocycles. The fourth-order valence-corrected chi connectivity index (χ4v) is 0.561. The van der Waals surface area contributed by atoms with Gasteiger partial charge in [0.15, 0.2) is 0 Å². The van der Waals surface area contributed by atoms with Crippen LogP contribution in [-0.4, -0.2) is 49.7 Å². The SMILES string of the molecule is CNCC(=O)N(C)CCO.Cl. The van der Waals surface area contributed by atoms with Crippen molar-refractivity contribution < 1.29 is 9.90 Å². The molecular formula is C6H15ClN2O2. The second-order valence-electron chi connectivity index (χ2n) is 2.07. The zero-order chi connectivity index (χ0) is 7.98. The minimum atomic E-state index is -0.00319. The summed E-state index contributed by atoms with van der Waals surface area (Å²) in [5, 5.41) is 11.2. The van der Waals surface area contributed by atoms with E-state index in [-0.39, 0.29) is 24.9 Å². The fraction of sp³-hybridized carbons (Fsp3) is 0.833. The number of hydrogen-bond acceptors (Lipinski definition) is 3. The first-order valence-electron chi connectivity index (χ1n) is 3.21. The van der Waals surface area contributed by atoms with Gasteiger partial charge in [-0.1, -0.05) is 0 Å².